The lowest BCUT2D eigenvalue weighted by Gasteiger charge is -2.20. The zero-order chi connectivity index (χ0) is 41.4. The highest BCUT2D eigenvalue weighted by atomic mass is 31.2. The largest absolute Gasteiger partial charge is 0.472 e. The van der Waals surface area contributed by atoms with Crippen LogP contribution in [0.5, 0.6) is 0 Å². The molecular weight excluding hydrogens is 735 g/mol. The monoisotopic (exact) mass is 813 g/mol. The first kappa shape index (κ1) is 53.6. The van der Waals surface area contributed by atoms with Gasteiger partial charge >= 0.3 is 19.8 Å². The standard InChI is InChI=1S/C44H77O11P/c1-3-5-7-8-9-10-11-12-13-14-17-20-23-26-30-34-43(48)52-38-42(39-54-56(50,51)53-37-41(47)36-45)55-44(49)35-31-27-24-21-18-15-16-19-22-25-29-33-40(46)32-28-6-4-2/h12-13,15-16,21-22,24-25,29,33,40-42,45-47H,3-11,14,17-20,23,26-28,30-32,34-39H2,1-2H3,(H,50,51)/b13-12-,16-15-,24-21-,25-22-,33-29+. The van der Waals surface area contributed by atoms with Crippen molar-refractivity contribution in [1.82, 2.24) is 0 Å². The molecule has 0 heterocycles. The topological polar surface area (TPSA) is 169 Å². The fourth-order valence-electron chi connectivity index (χ4n) is 5.38. The van der Waals surface area contributed by atoms with E-state index in [4.69, 9.17) is 19.1 Å². The Hall–Kier alpha value is -2.37. The van der Waals surface area contributed by atoms with Gasteiger partial charge in [-0.1, -0.05) is 145 Å². The van der Waals surface area contributed by atoms with Crippen LogP contribution in [0, 0.1) is 0 Å². The number of carbonyl (C=O) groups excluding carboxylic acids is 2. The molecule has 0 fully saturated rings. The Labute approximate surface area is 338 Å². The molecule has 56 heavy (non-hydrogen) atoms. The Morgan fingerprint density at radius 1 is 0.607 bits per heavy atom. The molecule has 4 atom stereocenters. The summed E-state index contributed by atoms with van der Waals surface area (Å²) in [5.41, 5.74) is 0. The number of carbonyl (C=O) groups is 2. The highest BCUT2D eigenvalue weighted by Gasteiger charge is 2.27. The molecule has 4 N–H and O–H groups in total. The highest BCUT2D eigenvalue weighted by Crippen LogP contribution is 2.43. The summed E-state index contributed by atoms with van der Waals surface area (Å²) >= 11 is 0. The molecule has 0 radical (unpaired) electrons. The first-order valence-corrected chi connectivity index (χ1v) is 22.8. The molecule has 0 saturated carbocycles. The Morgan fingerprint density at radius 2 is 1.14 bits per heavy atom. The van der Waals surface area contributed by atoms with Crippen LogP contribution in [0.25, 0.3) is 0 Å². The van der Waals surface area contributed by atoms with E-state index in [1.165, 1.54) is 38.5 Å². The Bertz CT molecular complexity index is 1130. The number of allylic oxidation sites excluding steroid dienone is 9. The maximum absolute atomic E-state index is 12.6. The fraction of sp³-hybridized carbons (Fsp3) is 0.727. The minimum absolute atomic E-state index is 0.0845. The first-order chi connectivity index (χ1) is 27.1. The van der Waals surface area contributed by atoms with Crippen molar-refractivity contribution in [2.75, 3.05) is 26.4 Å². The lowest BCUT2D eigenvalue weighted by Crippen LogP contribution is -2.29. The van der Waals surface area contributed by atoms with Gasteiger partial charge in [0.15, 0.2) is 6.10 Å². The normalized spacial score (nSPS) is 15.0. The minimum atomic E-state index is -4.65. The Balaban J connectivity index is 4.47. The number of hydrogen-bond donors (Lipinski definition) is 4. The van der Waals surface area contributed by atoms with E-state index in [9.17, 15) is 29.3 Å². The Kier molecular flexibility index (Phi) is 37.8. The zero-order valence-electron chi connectivity index (χ0n) is 34.7. The Morgan fingerprint density at radius 3 is 1.82 bits per heavy atom. The van der Waals surface area contributed by atoms with Crippen molar-refractivity contribution in [3.63, 3.8) is 0 Å². The lowest BCUT2D eigenvalue weighted by molar-refractivity contribution is -0.161. The van der Waals surface area contributed by atoms with E-state index < -0.39 is 57.9 Å². The minimum Gasteiger partial charge on any atom is -0.462 e. The van der Waals surface area contributed by atoms with Gasteiger partial charge in [0.25, 0.3) is 0 Å². The van der Waals surface area contributed by atoms with Crippen LogP contribution in [-0.2, 0) is 32.7 Å². The zero-order valence-corrected chi connectivity index (χ0v) is 35.6. The summed E-state index contributed by atoms with van der Waals surface area (Å²) in [5.74, 6) is -1.03. The predicted octanol–water partition coefficient (Wildman–Crippen LogP) is 10.1. The average Bonchev–Trinajstić information content (AvgIpc) is 3.18. The number of aliphatic hydroxyl groups excluding tert-OH is 3. The summed E-state index contributed by atoms with van der Waals surface area (Å²) in [5, 5.41) is 28.2. The van der Waals surface area contributed by atoms with E-state index in [-0.39, 0.29) is 19.4 Å². The molecule has 0 aliphatic heterocycles. The molecule has 11 nitrogen and oxygen atoms in total. The van der Waals surface area contributed by atoms with Crippen LogP contribution < -0.4 is 0 Å². The number of hydrogen-bond acceptors (Lipinski definition) is 10. The lowest BCUT2D eigenvalue weighted by atomic mass is 10.1. The second kappa shape index (κ2) is 39.5. The average molecular weight is 813 g/mol. The second-order valence-corrected chi connectivity index (χ2v) is 15.7. The predicted molar refractivity (Wildman–Crippen MR) is 225 cm³/mol. The number of aliphatic hydroxyl groups is 3. The molecule has 0 bridgehead atoms. The van der Waals surface area contributed by atoms with Crippen LogP contribution in [0.4, 0.5) is 0 Å². The summed E-state index contributed by atoms with van der Waals surface area (Å²) in [7, 11) is -4.65. The SMILES string of the molecule is CCCCCCCC/C=C\CCCCCCCC(=O)OCC(COP(=O)(O)OCC(O)CO)OC(=O)CCC/C=C\C/C=C\C/C=C\C=C\C(O)CCCCC. The van der Waals surface area contributed by atoms with Crippen molar-refractivity contribution in [2.24, 2.45) is 0 Å². The van der Waals surface area contributed by atoms with Crippen molar-refractivity contribution in [1.29, 1.82) is 0 Å². The van der Waals surface area contributed by atoms with Gasteiger partial charge in [-0.25, -0.2) is 4.57 Å². The van der Waals surface area contributed by atoms with Gasteiger partial charge < -0.3 is 29.7 Å². The number of phosphoric ester groups is 1. The molecule has 0 amide bonds. The van der Waals surface area contributed by atoms with Crippen molar-refractivity contribution < 1.29 is 52.9 Å². The van der Waals surface area contributed by atoms with Crippen molar-refractivity contribution in [2.45, 2.75) is 180 Å². The number of unbranched alkanes of at least 4 members (excludes halogenated alkanes) is 14. The summed E-state index contributed by atoms with van der Waals surface area (Å²) < 4.78 is 32.6. The third-order valence-electron chi connectivity index (χ3n) is 8.75. The van der Waals surface area contributed by atoms with Gasteiger partial charge in [-0.2, -0.15) is 0 Å². The molecule has 0 aromatic heterocycles. The van der Waals surface area contributed by atoms with Crippen LogP contribution in [0.1, 0.15) is 162 Å². The molecule has 0 saturated heterocycles. The molecule has 0 aliphatic carbocycles. The van der Waals surface area contributed by atoms with Crippen LogP contribution in [-0.4, -0.2) is 76.9 Å². The number of esters is 2. The van der Waals surface area contributed by atoms with E-state index in [1.807, 2.05) is 36.5 Å². The molecule has 324 valence electrons. The van der Waals surface area contributed by atoms with Gasteiger partial charge in [0.2, 0.25) is 0 Å². The van der Waals surface area contributed by atoms with E-state index in [1.54, 1.807) is 0 Å². The first-order valence-electron chi connectivity index (χ1n) is 21.4. The summed E-state index contributed by atoms with van der Waals surface area (Å²) in [4.78, 5) is 34.9. The fourth-order valence-corrected chi connectivity index (χ4v) is 6.17. The van der Waals surface area contributed by atoms with Crippen LogP contribution in [0.3, 0.4) is 0 Å². The maximum Gasteiger partial charge on any atom is 0.472 e. The maximum atomic E-state index is 12.6. The van der Waals surface area contributed by atoms with Crippen molar-refractivity contribution >= 4 is 19.8 Å². The summed E-state index contributed by atoms with van der Waals surface area (Å²) in [6.45, 7) is 2.15. The summed E-state index contributed by atoms with van der Waals surface area (Å²) in [6.07, 6.45) is 39.4. The molecule has 0 aromatic rings. The van der Waals surface area contributed by atoms with E-state index in [0.29, 0.717) is 19.3 Å². The van der Waals surface area contributed by atoms with E-state index in [0.717, 1.165) is 77.0 Å². The third-order valence-corrected chi connectivity index (χ3v) is 9.70. The van der Waals surface area contributed by atoms with Gasteiger partial charge in [-0.3, -0.25) is 18.6 Å². The van der Waals surface area contributed by atoms with E-state index >= 15 is 0 Å². The van der Waals surface area contributed by atoms with Gasteiger partial charge in [0.1, 0.15) is 12.7 Å². The van der Waals surface area contributed by atoms with Crippen molar-refractivity contribution in [3.05, 3.63) is 60.8 Å². The quantitative estimate of drug-likeness (QED) is 0.0153. The molecule has 12 heteroatoms. The van der Waals surface area contributed by atoms with Crippen LogP contribution >= 0.6 is 7.82 Å². The van der Waals surface area contributed by atoms with Crippen molar-refractivity contribution in [3.8, 4) is 0 Å². The van der Waals surface area contributed by atoms with E-state index in [2.05, 4.69) is 42.7 Å². The number of phosphoric acid groups is 1. The summed E-state index contributed by atoms with van der Waals surface area (Å²) in [6, 6.07) is 0. The third kappa shape index (κ3) is 38.5. The molecular formula is C44H77O11P. The van der Waals surface area contributed by atoms with Gasteiger partial charge in [0.05, 0.1) is 25.9 Å². The smallest absolute Gasteiger partial charge is 0.462 e. The number of ether oxygens (including phenoxy) is 2. The molecule has 0 spiro atoms. The van der Waals surface area contributed by atoms with Gasteiger partial charge in [0, 0.05) is 12.8 Å². The second-order valence-electron chi connectivity index (χ2n) is 14.2. The molecule has 0 rings (SSSR count). The number of rotatable bonds is 39. The molecule has 0 aliphatic rings. The highest BCUT2D eigenvalue weighted by molar-refractivity contribution is 7.47. The molecule has 4 unspecified atom stereocenters. The van der Waals surface area contributed by atoms with Crippen LogP contribution in [0.2, 0.25) is 0 Å². The van der Waals surface area contributed by atoms with Gasteiger partial charge in [-0.05, 0) is 64.2 Å². The van der Waals surface area contributed by atoms with Gasteiger partial charge in [-0.15, -0.1) is 0 Å². The van der Waals surface area contributed by atoms with Crippen LogP contribution in [0.15, 0.2) is 60.8 Å². The molecule has 0 aromatic carbocycles.